The molecule has 0 bridgehead atoms. The Labute approximate surface area is 189 Å². The molecule has 0 aromatic heterocycles. The van der Waals surface area contributed by atoms with Gasteiger partial charge in [0, 0.05) is 11.1 Å². The number of benzene rings is 2. The second kappa shape index (κ2) is 8.53. The average Bonchev–Trinajstić information content (AvgIpc) is 3.06. The molecule has 1 spiro atoms. The first-order chi connectivity index (χ1) is 15.7. The highest BCUT2D eigenvalue weighted by Gasteiger charge is 2.52. The first kappa shape index (κ1) is 22.8. The molecule has 9 heteroatoms. The van der Waals surface area contributed by atoms with Crippen molar-refractivity contribution in [3.63, 3.8) is 0 Å². The van der Waals surface area contributed by atoms with Gasteiger partial charge in [0.25, 0.3) is 5.91 Å². The van der Waals surface area contributed by atoms with Crippen molar-refractivity contribution >= 4 is 17.5 Å². The summed E-state index contributed by atoms with van der Waals surface area (Å²) in [5.74, 6) is -0.865. The third kappa shape index (κ3) is 4.07. The van der Waals surface area contributed by atoms with Crippen LogP contribution in [-0.2, 0) is 15.8 Å². The molecule has 6 nitrogen and oxygen atoms in total. The highest BCUT2D eigenvalue weighted by molar-refractivity contribution is 6.47. The van der Waals surface area contributed by atoms with Crippen LogP contribution in [-0.4, -0.2) is 35.2 Å². The van der Waals surface area contributed by atoms with E-state index in [2.05, 4.69) is 0 Å². The van der Waals surface area contributed by atoms with Crippen molar-refractivity contribution in [2.24, 2.45) is 10.7 Å². The Morgan fingerprint density at radius 1 is 1.09 bits per heavy atom. The van der Waals surface area contributed by atoms with Crippen LogP contribution in [0.4, 0.5) is 13.2 Å². The minimum atomic E-state index is -4.49. The van der Waals surface area contributed by atoms with Gasteiger partial charge in [-0.25, -0.2) is 0 Å². The molecule has 1 aliphatic carbocycles. The fourth-order valence-corrected chi connectivity index (χ4v) is 4.76. The fraction of sp³-hybridized carbons (Fsp3) is 0.375. The van der Waals surface area contributed by atoms with Gasteiger partial charge in [-0.2, -0.15) is 13.2 Å². The van der Waals surface area contributed by atoms with Crippen LogP contribution < -0.4 is 10.5 Å². The number of hydrogen-bond donors (Lipinski definition) is 1. The predicted octanol–water partition coefficient (Wildman–Crippen LogP) is 4.23. The van der Waals surface area contributed by atoms with Gasteiger partial charge in [0.2, 0.25) is 5.91 Å². The molecule has 1 heterocycles. The largest absolute Gasteiger partial charge is 0.496 e. The summed E-state index contributed by atoms with van der Waals surface area (Å²) in [5.41, 5.74) is 4.75. The molecule has 0 saturated heterocycles. The van der Waals surface area contributed by atoms with Crippen LogP contribution in [0.3, 0.4) is 0 Å². The fourth-order valence-electron chi connectivity index (χ4n) is 4.76. The van der Waals surface area contributed by atoms with Crippen LogP contribution in [0.15, 0.2) is 53.5 Å². The van der Waals surface area contributed by atoms with Crippen LogP contribution in [0.1, 0.15) is 54.8 Å². The SMILES string of the molecule is COc1ccccc1C(C(N)=O)N1C(=O)C(c2ccc(C(F)(F)F)cc2)=NC12CCCCC2. The summed E-state index contributed by atoms with van der Waals surface area (Å²) >= 11 is 0. The van der Waals surface area contributed by atoms with Crippen LogP contribution in [0.5, 0.6) is 5.75 Å². The highest BCUT2D eigenvalue weighted by Crippen LogP contribution is 2.45. The molecule has 33 heavy (non-hydrogen) atoms. The van der Waals surface area contributed by atoms with E-state index in [1.807, 2.05) is 0 Å². The molecular formula is C24H24F3N3O3. The summed E-state index contributed by atoms with van der Waals surface area (Å²) in [6.45, 7) is 0. The summed E-state index contributed by atoms with van der Waals surface area (Å²) in [5, 5.41) is 0. The number of halogens is 3. The first-order valence-corrected chi connectivity index (χ1v) is 10.7. The van der Waals surface area contributed by atoms with Gasteiger partial charge >= 0.3 is 6.18 Å². The number of nitrogens with two attached hydrogens (primary N) is 1. The number of nitrogens with zero attached hydrogens (tertiary/aromatic N) is 2. The normalized spacial score (nSPS) is 18.8. The molecule has 1 atom stereocenters. The summed E-state index contributed by atoms with van der Waals surface area (Å²) in [6.07, 6.45) is -0.873. The first-order valence-electron chi connectivity index (χ1n) is 10.7. The van der Waals surface area contributed by atoms with Gasteiger partial charge in [-0.05, 0) is 43.9 Å². The zero-order valence-electron chi connectivity index (χ0n) is 18.1. The van der Waals surface area contributed by atoms with Gasteiger partial charge < -0.3 is 10.5 Å². The number of alkyl halides is 3. The standard InChI is InChI=1S/C24H24F3N3O3/c1-33-18-8-4-3-7-17(18)20(21(28)31)30-22(32)19(29-23(30)13-5-2-6-14-23)15-9-11-16(12-10-15)24(25,26)27/h3-4,7-12,20H,2,5-6,13-14H2,1H3,(H2,28,31). The molecule has 1 fully saturated rings. The van der Waals surface area contributed by atoms with Gasteiger partial charge in [-0.3, -0.25) is 19.5 Å². The topological polar surface area (TPSA) is 85.0 Å². The van der Waals surface area contributed by atoms with E-state index < -0.39 is 35.3 Å². The molecule has 1 saturated carbocycles. The van der Waals surface area contributed by atoms with Gasteiger partial charge in [-0.1, -0.05) is 36.8 Å². The Kier molecular flexibility index (Phi) is 5.90. The van der Waals surface area contributed by atoms with Gasteiger partial charge in [0.15, 0.2) is 0 Å². The Morgan fingerprint density at radius 3 is 2.30 bits per heavy atom. The number of hydrogen-bond acceptors (Lipinski definition) is 4. The van der Waals surface area contributed by atoms with Crippen molar-refractivity contribution in [3.8, 4) is 5.75 Å². The molecule has 2 aromatic rings. The van der Waals surface area contributed by atoms with E-state index in [0.717, 1.165) is 31.4 Å². The van der Waals surface area contributed by atoms with Crippen molar-refractivity contribution < 1.29 is 27.5 Å². The number of ether oxygens (including phenoxy) is 1. The van der Waals surface area contributed by atoms with Crippen LogP contribution >= 0.6 is 0 Å². The molecule has 0 radical (unpaired) electrons. The summed E-state index contributed by atoms with van der Waals surface area (Å²) < 4.78 is 44.4. The predicted molar refractivity (Wildman–Crippen MR) is 116 cm³/mol. The summed E-state index contributed by atoms with van der Waals surface area (Å²) in [7, 11) is 1.46. The quantitative estimate of drug-likeness (QED) is 0.726. The molecule has 1 unspecified atom stereocenters. The van der Waals surface area contributed by atoms with Crippen molar-refractivity contribution in [1.29, 1.82) is 0 Å². The Bertz CT molecular complexity index is 1090. The van der Waals surface area contributed by atoms with Crippen LogP contribution in [0.25, 0.3) is 0 Å². The third-order valence-corrected chi connectivity index (χ3v) is 6.29. The van der Waals surface area contributed by atoms with Crippen molar-refractivity contribution in [2.45, 2.75) is 50.0 Å². The smallest absolute Gasteiger partial charge is 0.416 e. The molecule has 4 rings (SSSR count). The molecule has 2 N–H and O–H groups in total. The maximum Gasteiger partial charge on any atom is 0.416 e. The maximum atomic E-state index is 13.7. The molecule has 174 valence electrons. The minimum Gasteiger partial charge on any atom is -0.496 e. The van der Waals surface area contributed by atoms with Crippen LogP contribution in [0.2, 0.25) is 0 Å². The van der Waals surface area contributed by atoms with E-state index in [0.29, 0.717) is 24.2 Å². The summed E-state index contributed by atoms with van der Waals surface area (Å²) in [6, 6.07) is 10.0. The van der Waals surface area contributed by atoms with Gasteiger partial charge in [0.05, 0.1) is 12.7 Å². The zero-order chi connectivity index (χ0) is 23.8. The molecule has 2 amide bonds. The number of rotatable bonds is 5. The lowest BCUT2D eigenvalue weighted by molar-refractivity contribution is -0.141. The van der Waals surface area contributed by atoms with Crippen molar-refractivity contribution in [1.82, 2.24) is 4.90 Å². The minimum absolute atomic E-state index is 0.0340. The molecule has 1 aliphatic heterocycles. The third-order valence-electron chi connectivity index (χ3n) is 6.29. The number of carbonyl (C=O) groups is 2. The summed E-state index contributed by atoms with van der Waals surface area (Å²) in [4.78, 5) is 32.6. The molecule has 2 aromatic carbocycles. The van der Waals surface area contributed by atoms with Gasteiger partial charge in [-0.15, -0.1) is 0 Å². The van der Waals surface area contributed by atoms with E-state index in [1.165, 1.54) is 24.1 Å². The van der Waals surface area contributed by atoms with Crippen molar-refractivity contribution in [3.05, 3.63) is 65.2 Å². The van der Waals surface area contributed by atoms with Crippen LogP contribution in [0, 0.1) is 0 Å². The van der Waals surface area contributed by atoms with E-state index in [9.17, 15) is 22.8 Å². The highest BCUT2D eigenvalue weighted by atomic mass is 19.4. The monoisotopic (exact) mass is 459 g/mol. The Morgan fingerprint density at radius 2 is 1.73 bits per heavy atom. The maximum absolute atomic E-state index is 13.7. The Balaban J connectivity index is 1.81. The Hall–Kier alpha value is -3.36. The van der Waals surface area contributed by atoms with Gasteiger partial charge in [0.1, 0.15) is 23.2 Å². The number of carbonyl (C=O) groups excluding carboxylic acids is 2. The average molecular weight is 459 g/mol. The lowest BCUT2D eigenvalue weighted by Gasteiger charge is -2.42. The number of para-hydroxylation sites is 1. The van der Waals surface area contributed by atoms with E-state index in [-0.39, 0.29) is 11.3 Å². The van der Waals surface area contributed by atoms with Crippen molar-refractivity contribution in [2.75, 3.05) is 7.11 Å². The molecule has 2 aliphatic rings. The van der Waals surface area contributed by atoms with E-state index in [1.54, 1.807) is 24.3 Å². The van der Waals surface area contributed by atoms with E-state index in [4.69, 9.17) is 15.5 Å². The van der Waals surface area contributed by atoms with E-state index >= 15 is 0 Å². The number of methoxy groups -OCH3 is 1. The second-order valence-electron chi connectivity index (χ2n) is 8.30. The number of aliphatic imine (C=N–C) groups is 1. The zero-order valence-corrected chi connectivity index (χ0v) is 18.1. The lowest BCUT2D eigenvalue weighted by Crippen LogP contribution is -2.53. The molecular weight excluding hydrogens is 435 g/mol. The number of amides is 2. The second-order valence-corrected chi connectivity index (χ2v) is 8.30. The number of primary amides is 1. The lowest BCUT2D eigenvalue weighted by atomic mass is 9.86.